The second kappa shape index (κ2) is 5.79. The number of rotatable bonds is 5. The Bertz CT molecular complexity index is 371. The molecule has 6 heteroatoms. The molecule has 0 radical (unpaired) electrons. The van der Waals surface area contributed by atoms with Crippen LogP contribution >= 0.6 is 0 Å². The number of likely N-dealkylation sites (N-methyl/N-ethyl adjacent to an activating group) is 1. The minimum atomic E-state index is -1.13. The van der Waals surface area contributed by atoms with Gasteiger partial charge in [0.2, 0.25) is 0 Å². The van der Waals surface area contributed by atoms with Crippen LogP contribution < -0.4 is 14.8 Å². The molecule has 0 saturated carbocycles. The second-order valence-corrected chi connectivity index (χ2v) is 3.39. The Kier molecular flexibility index (Phi) is 4.65. The van der Waals surface area contributed by atoms with Gasteiger partial charge in [-0.25, -0.2) is 8.78 Å². The van der Waals surface area contributed by atoms with E-state index in [9.17, 15) is 13.9 Å². The maximum Gasteiger partial charge on any atom is 0.168 e. The lowest BCUT2D eigenvalue weighted by Gasteiger charge is -2.18. The van der Waals surface area contributed by atoms with Gasteiger partial charge in [0.1, 0.15) is 0 Å². The molecule has 2 N–H and O–H groups in total. The molecule has 1 aromatic carbocycles. The van der Waals surface area contributed by atoms with E-state index in [0.29, 0.717) is 6.07 Å². The minimum absolute atomic E-state index is 0.0400. The van der Waals surface area contributed by atoms with Gasteiger partial charge in [-0.15, -0.1) is 0 Å². The zero-order valence-electron chi connectivity index (χ0n) is 9.88. The number of halogens is 2. The van der Waals surface area contributed by atoms with Crippen molar-refractivity contribution >= 4 is 0 Å². The second-order valence-electron chi connectivity index (χ2n) is 3.39. The van der Waals surface area contributed by atoms with Crippen molar-refractivity contribution in [3.8, 4) is 11.5 Å². The first kappa shape index (κ1) is 13.7. The molecule has 0 heterocycles. The summed E-state index contributed by atoms with van der Waals surface area (Å²) in [5.74, 6) is -2.19. The number of methoxy groups -OCH3 is 2. The monoisotopic (exact) mass is 247 g/mol. The first-order chi connectivity index (χ1) is 8.06. The summed E-state index contributed by atoms with van der Waals surface area (Å²) in [6.07, 6.45) is -1.13. The summed E-state index contributed by atoms with van der Waals surface area (Å²) in [7, 11) is 4.09. The summed E-state index contributed by atoms with van der Waals surface area (Å²) in [6.45, 7) is 0.121. The highest BCUT2D eigenvalue weighted by atomic mass is 19.1. The predicted molar refractivity (Wildman–Crippen MR) is 58.3 cm³/mol. The molecule has 0 aliphatic rings. The molecule has 1 rings (SSSR count). The lowest BCUT2D eigenvalue weighted by atomic mass is 10.1. The Morgan fingerprint density at radius 3 is 2.06 bits per heavy atom. The molecule has 17 heavy (non-hydrogen) atoms. The topological polar surface area (TPSA) is 50.7 Å². The first-order valence-electron chi connectivity index (χ1n) is 4.99. The van der Waals surface area contributed by atoms with Crippen LogP contribution in [-0.4, -0.2) is 32.9 Å². The third kappa shape index (κ3) is 2.65. The normalized spacial score (nSPS) is 12.4. The fourth-order valence-electron chi connectivity index (χ4n) is 1.62. The van der Waals surface area contributed by atoms with Gasteiger partial charge in [-0.3, -0.25) is 0 Å². The van der Waals surface area contributed by atoms with Crippen LogP contribution in [0.25, 0.3) is 0 Å². The Balaban J connectivity index is 3.39. The summed E-state index contributed by atoms with van der Waals surface area (Å²) in [5, 5.41) is 12.5. The highest BCUT2D eigenvalue weighted by Crippen LogP contribution is 2.38. The minimum Gasteiger partial charge on any atom is -0.493 e. The molecule has 0 aromatic heterocycles. The lowest BCUT2D eigenvalue weighted by Crippen LogP contribution is -2.19. The molecular weight excluding hydrogens is 232 g/mol. The molecule has 4 nitrogen and oxygen atoms in total. The van der Waals surface area contributed by atoms with Crippen LogP contribution in [0.2, 0.25) is 0 Å². The smallest absolute Gasteiger partial charge is 0.168 e. The molecule has 1 atom stereocenters. The van der Waals surface area contributed by atoms with Crippen molar-refractivity contribution in [2.24, 2.45) is 0 Å². The molecule has 96 valence electrons. The van der Waals surface area contributed by atoms with E-state index in [-0.39, 0.29) is 23.6 Å². The Morgan fingerprint density at radius 2 is 1.71 bits per heavy atom. The molecular formula is C11H15F2NO3. The lowest BCUT2D eigenvalue weighted by molar-refractivity contribution is 0.166. The molecule has 1 aromatic rings. The highest BCUT2D eigenvalue weighted by Gasteiger charge is 2.25. The van der Waals surface area contributed by atoms with Gasteiger partial charge >= 0.3 is 0 Å². The number of nitrogens with one attached hydrogen (secondary N) is 1. The van der Waals surface area contributed by atoms with Gasteiger partial charge in [0.05, 0.1) is 25.9 Å². The third-order valence-corrected chi connectivity index (χ3v) is 2.32. The summed E-state index contributed by atoms with van der Waals surface area (Å²) < 4.78 is 36.6. The van der Waals surface area contributed by atoms with Crippen LogP contribution in [0.4, 0.5) is 8.78 Å². The number of ether oxygens (including phenoxy) is 2. The molecule has 0 saturated heterocycles. The third-order valence-electron chi connectivity index (χ3n) is 2.32. The van der Waals surface area contributed by atoms with Crippen molar-refractivity contribution < 1.29 is 23.4 Å². The van der Waals surface area contributed by atoms with Gasteiger partial charge in [-0.05, 0) is 7.05 Å². The van der Waals surface area contributed by atoms with E-state index < -0.39 is 17.7 Å². The summed E-state index contributed by atoms with van der Waals surface area (Å²) in [4.78, 5) is 0. The van der Waals surface area contributed by atoms with Crippen molar-refractivity contribution in [3.05, 3.63) is 23.3 Å². The van der Waals surface area contributed by atoms with Crippen molar-refractivity contribution in [2.45, 2.75) is 6.10 Å². The fraction of sp³-hybridized carbons (Fsp3) is 0.455. The summed E-state index contributed by atoms with van der Waals surface area (Å²) in [6, 6.07) is 0.660. The van der Waals surface area contributed by atoms with Crippen molar-refractivity contribution in [3.63, 3.8) is 0 Å². The maximum absolute atomic E-state index is 13.5. The quantitative estimate of drug-likeness (QED) is 0.821. The molecule has 0 spiro atoms. The zero-order chi connectivity index (χ0) is 13.0. The zero-order valence-corrected chi connectivity index (χ0v) is 9.88. The number of hydrogen-bond acceptors (Lipinski definition) is 4. The molecule has 0 bridgehead atoms. The predicted octanol–water partition coefficient (Wildman–Crippen LogP) is 1.23. The van der Waals surface area contributed by atoms with Gasteiger partial charge in [-0.2, -0.15) is 0 Å². The first-order valence-corrected chi connectivity index (χ1v) is 4.99. The Labute approximate surface area is 98.2 Å². The average molecular weight is 247 g/mol. The van der Waals surface area contributed by atoms with Crippen LogP contribution in [-0.2, 0) is 0 Å². The molecule has 0 aliphatic heterocycles. The molecule has 0 amide bonds. The van der Waals surface area contributed by atoms with E-state index in [2.05, 4.69) is 5.32 Å². The van der Waals surface area contributed by atoms with Gasteiger partial charge in [-0.1, -0.05) is 0 Å². The summed E-state index contributed by atoms with van der Waals surface area (Å²) >= 11 is 0. The number of benzene rings is 1. The average Bonchev–Trinajstić information content (AvgIpc) is 2.28. The van der Waals surface area contributed by atoms with E-state index in [0.717, 1.165) is 0 Å². The summed E-state index contributed by atoms with van der Waals surface area (Å²) in [5.41, 5.74) is -0.0400. The maximum atomic E-state index is 13.5. The number of aliphatic hydroxyl groups is 1. The van der Waals surface area contributed by atoms with Crippen LogP contribution in [0.5, 0.6) is 11.5 Å². The van der Waals surface area contributed by atoms with E-state index in [4.69, 9.17) is 9.47 Å². The SMILES string of the molecule is CNCC(O)c1c(OC)c(F)cc(F)c1OC. The highest BCUT2D eigenvalue weighted by molar-refractivity contribution is 5.48. The van der Waals surface area contributed by atoms with E-state index in [1.54, 1.807) is 7.05 Å². The molecule has 0 aliphatic carbocycles. The standard InChI is InChI=1S/C11H15F2NO3/c1-14-5-8(15)9-10(16-2)6(12)4-7(13)11(9)17-3/h4,8,14-15H,5H2,1-3H3. The van der Waals surface area contributed by atoms with Crippen LogP contribution in [0.3, 0.4) is 0 Å². The van der Waals surface area contributed by atoms with Crippen molar-refractivity contribution in [1.29, 1.82) is 0 Å². The van der Waals surface area contributed by atoms with Crippen LogP contribution in [0.1, 0.15) is 11.7 Å². The number of aliphatic hydroxyl groups excluding tert-OH is 1. The van der Waals surface area contributed by atoms with E-state index in [1.165, 1.54) is 14.2 Å². The molecule has 1 unspecified atom stereocenters. The van der Waals surface area contributed by atoms with E-state index in [1.807, 2.05) is 0 Å². The molecule has 0 fully saturated rings. The largest absolute Gasteiger partial charge is 0.493 e. The van der Waals surface area contributed by atoms with Crippen molar-refractivity contribution in [1.82, 2.24) is 5.32 Å². The van der Waals surface area contributed by atoms with Crippen LogP contribution in [0.15, 0.2) is 6.07 Å². The van der Waals surface area contributed by atoms with Gasteiger partial charge in [0.25, 0.3) is 0 Å². The van der Waals surface area contributed by atoms with Gasteiger partial charge in [0.15, 0.2) is 23.1 Å². The van der Waals surface area contributed by atoms with Gasteiger partial charge in [0, 0.05) is 12.6 Å². The van der Waals surface area contributed by atoms with Crippen molar-refractivity contribution in [2.75, 3.05) is 27.8 Å². The Morgan fingerprint density at radius 1 is 1.24 bits per heavy atom. The van der Waals surface area contributed by atoms with Crippen LogP contribution in [0, 0.1) is 11.6 Å². The Hall–Kier alpha value is -1.40. The number of hydrogen-bond donors (Lipinski definition) is 2. The fourth-order valence-corrected chi connectivity index (χ4v) is 1.62. The van der Waals surface area contributed by atoms with E-state index >= 15 is 0 Å². The van der Waals surface area contributed by atoms with Gasteiger partial charge < -0.3 is 19.9 Å².